The molecule has 0 saturated heterocycles. The summed E-state index contributed by atoms with van der Waals surface area (Å²) in [4.78, 5) is 23.6. The Kier molecular flexibility index (Phi) is 4.27. The molecule has 0 heterocycles. The van der Waals surface area contributed by atoms with Crippen LogP contribution in [0.25, 0.3) is 0 Å². The lowest BCUT2D eigenvalue weighted by Gasteiger charge is -2.10. The summed E-state index contributed by atoms with van der Waals surface area (Å²) >= 11 is 0. The molecule has 20 heavy (non-hydrogen) atoms. The summed E-state index contributed by atoms with van der Waals surface area (Å²) in [6.45, 7) is 1.73. The smallest absolute Gasteiger partial charge is 0.309 e. The second kappa shape index (κ2) is 5.94. The number of ketones is 1. The van der Waals surface area contributed by atoms with Crippen molar-refractivity contribution in [3.8, 4) is 11.5 Å². The Morgan fingerprint density at radius 3 is 2.50 bits per heavy atom. The minimum atomic E-state index is -0.293. The molecule has 108 valence electrons. The largest absolute Gasteiger partial charge is 0.497 e. The fourth-order valence-corrected chi connectivity index (χ4v) is 2.00. The third-order valence-corrected chi connectivity index (χ3v) is 3.47. The predicted molar refractivity (Wildman–Crippen MR) is 72.1 cm³/mol. The highest BCUT2D eigenvalue weighted by molar-refractivity contribution is 6.00. The molecule has 0 aliphatic heterocycles. The summed E-state index contributed by atoms with van der Waals surface area (Å²) in [5.74, 6) is 0.755. The normalized spacial score (nSPS) is 20.1. The molecule has 1 aromatic rings. The zero-order chi connectivity index (χ0) is 14.7. The number of methoxy groups -OCH3 is 2. The number of esters is 1. The highest BCUT2D eigenvalue weighted by atomic mass is 16.5. The van der Waals surface area contributed by atoms with Crippen LogP contribution in [0.5, 0.6) is 11.5 Å². The van der Waals surface area contributed by atoms with Crippen molar-refractivity contribution < 1.29 is 23.8 Å². The van der Waals surface area contributed by atoms with Gasteiger partial charge in [-0.25, -0.2) is 0 Å². The van der Waals surface area contributed by atoms with E-state index in [-0.39, 0.29) is 24.3 Å². The van der Waals surface area contributed by atoms with Gasteiger partial charge in [-0.05, 0) is 24.5 Å². The Morgan fingerprint density at radius 1 is 1.25 bits per heavy atom. The average Bonchev–Trinajstić information content (AvgIpc) is 3.20. The second-order valence-electron chi connectivity index (χ2n) is 4.92. The van der Waals surface area contributed by atoms with E-state index < -0.39 is 0 Å². The van der Waals surface area contributed by atoms with Crippen molar-refractivity contribution in [2.45, 2.75) is 13.3 Å². The van der Waals surface area contributed by atoms with Gasteiger partial charge >= 0.3 is 5.97 Å². The van der Waals surface area contributed by atoms with E-state index >= 15 is 0 Å². The van der Waals surface area contributed by atoms with Crippen LogP contribution < -0.4 is 9.47 Å². The van der Waals surface area contributed by atoms with Crippen molar-refractivity contribution in [1.29, 1.82) is 0 Å². The van der Waals surface area contributed by atoms with Gasteiger partial charge in [-0.15, -0.1) is 0 Å². The van der Waals surface area contributed by atoms with Gasteiger partial charge < -0.3 is 14.2 Å². The lowest BCUT2D eigenvalue weighted by atomic mass is 10.1. The number of carbonyl (C=O) groups is 2. The zero-order valence-electron chi connectivity index (χ0n) is 11.8. The van der Waals surface area contributed by atoms with Gasteiger partial charge in [-0.3, -0.25) is 9.59 Å². The van der Waals surface area contributed by atoms with Gasteiger partial charge in [-0.1, -0.05) is 6.92 Å². The molecule has 0 radical (unpaired) electrons. The number of Topliss-reactive ketones (excluding diaryl/α,β-unsaturated/α-hetero) is 1. The fraction of sp³-hybridized carbons (Fsp3) is 0.467. The van der Waals surface area contributed by atoms with E-state index in [2.05, 4.69) is 0 Å². The average molecular weight is 278 g/mol. The predicted octanol–water partition coefficient (Wildman–Crippen LogP) is 2.09. The molecule has 1 aliphatic rings. The molecule has 1 saturated carbocycles. The number of benzene rings is 1. The van der Waals surface area contributed by atoms with Crippen molar-refractivity contribution in [3.05, 3.63) is 23.8 Å². The van der Waals surface area contributed by atoms with Crippen LogP contribution in [-0.2, 0) is 9.53 Å². The first-order chi connectivity index (χ1) is 9.56. The summed E-state index contributed by atoms with van der Waals surface area (Å²) < 4.78 is 15.2. The van der Waals surface area contributed by atoms with E-state index in [1.54, 1.807) is 18.2 Å². The molecule has 1 aromatic carbocycles. The van der Waals surface area contributed by atoms with Crippen molar-refractivity contribution in [2.75, 3.05) is 20.8 Å². The maximum Gasteiger partial charge on any atom is 0.309 e. The lowest BCUT2D eigenvalue weighted by molar-refractivity contribution is -0.144. The molecule has 2 rings (SSSR count). The minimum Gasteiger partial charge on any atom is -0.497 e. The third kappa shape index (κ3) is 3.10. The molecular formula is C15H18O5. The van der Waals surface area contributed by atoms with Crippen LogP contribution in [0.15, 0.2) is 18.2 Å². The van der Waals surface area contributed by atoms with Crippen molar-refractivity contribution >= 4 is 11.8 Å². The Hall–Kier alpha value is -2.04. The van der Waals surface area contributed by atoms with E-state index in [1.807, 2.05) is 6.92 Å². The van der Waals surface area contributed by atoms with Gasteiger partial charge in [0.2, 0.25) is 5.78 Å². The van der Waals surface area contributed by atoms with Gasteiger partial charge in [-0.2, -0.15) is 0 Å². The summed E-state index contributed by atoms with van der Waals surface area (Å²) in [6, 6.07) is 4.89. The SMILES string of the molecule is COc1ccc(C(=O)COC(=O)C2CC2C)c(OC)c1. The first-order valence-corrected chi connectivity index (χ1v) is 6.48. The molecule has 1 aliphatic carbocycles. The highest BCUT2D eigenvalue weighted by Gasteiger charge is 2.40. The second-order valence-corrected chi connectivity index (χ2v) is 4.92. The summed E-state index contributed by atoms with van der Waals surface area (Å²) in [5, 5.41) is 0. The Bertz CT molecular complexity index is 523. The van der Waals surface area contributed by atoms with Crippen LogP contribution in [0.2, 0.25) is 0 Å². The molecule has 0 N–H and O–H groups in total. The van der Waals surface area contributed by atoms with Crippen molar-refractivity contribution in [2.24, 2.45) is 11.8 Å². The number of ether oxygens (including phenoxy) is 3. The molecular weight excluding hydrogens is 260 g/mol. The zero-order valence-corrected chi connectivity index (χ0v) is 11.8. The lowest BCUT2D eigenvalue weighted by Crippen LogP contribution is -2.16. The first-order valence-electron chi connectivity index (χ1n) is 6.48. The number of carbonyl (C=O) groups excluding carboxylic acids is 2. The molecule has 2 unspecified atom stereocenters. The van der Waals surface area contributed by atoms with Crippen LogP contribution >= 0.6 is 0 Å². The number of rotatable bonds is 6. The Morgan fingerprint density at radius 2 is 1.95 bits per heavy atom. The van der Waals surface area contributed by atoms with E-state index in [4.69, 9.17) is 14.2 Å². The van der Waals surface area contributed by atoms with Gasteiger partial charge in [0.1, 0.15) is 11.5 Å². The quantitative estimate of drug-likeness (QED) is 0.589. The maximum atomic E-state index is 12.1. The van der Waals surface area contributed by atoms with E-state index in [9.17, 15) is 9.59 Å². The van der Waals surface area contributed by atoms with Crippen LogP contribution in [0.4, 0.5) is 0 Å². The molecule has 0 spiro atoms. The van der Waals surface area contributed by atoms with Crippen LogP contribution in [0, 0.1) is 11.8 Å². The first kappa shape index (κ1) is 14.4. The molecule has 0 bridgehead atoms. The van der Waals surface area contributed by atoms with Crippen molar-refractivity contribution in [3.63, 3.8) is 0 Å². The summed E-state index contributed by atoms with van der Waals surface area (Å²) in [7, 11) is 3.01. The minimum absolute atomic E-state index is 0.0411. The van der Waals surface area contributed by atoms with E-state index in [1.165, 1.54) is 14.2 Å². The molecule has 0 amide bonds. The van der Waals surface area contributed by atoms with Gasteiger partial charge in [0.15, 0.2) is 6.61 Å². The van der Waals surface area contributed by atoms with E-state index in [0.29, 0.717) is 23.0 Å². The summed E-state index contributed by atoms with van der Waals surface area (Å²) in [5.41, 5.74) is 0.380. The van der Waals surface area contributed by atoms with Gasteiger partial charge in [0.25, 0.3) is 0 Å². The van der Waals surface area contributed by atoms with Crippen LogP contribution in [0.1, 0.15) is 23.7 Å². The Labute approximate surface area is 117 Å². The van der Waals surface area contributed by atoms with Gasteiger partial charge in [0, 0.05) is 6.07 Å². The summed E-state index contributed by atoms with van der Waals surface area (Å²) in [6.07, 6.45) is 0.846. The maximum absolute atomic E-state index is 12.1. The third-order valence-electron chi connectivity index (χ3n) is 3.47. The highest BCUT2D eigenvalue weighted by Crippen LogP contribution is 2.38. The molecule has 5 heteroatoms. The van der Waals surface area contributed by atoms with Crippen molar-refractivity contribution in [1.82, 2.24) is 0 Å². The number of hydrogen-bond donors (Lipinski definition) is 0. The Balaban J connectivity index is 1.99. The van der Waals surface area contributed by atoms with Crippen LogP contribution in [0.3, 0.4) is 0 Å². The number of hydrogen-bond acceptors (Lipinski definition) is 5. The molecule has 5 nitrogen and oxygen atoms in total. The molecule has 0 aromatic heterocycles. The fourth-order valence-electron chi connectivity index (χ4n) is 2.00. The van der Waals surface area contributed by atoms with E-state index in [0.717, 1.165) is 6.42 Å². The molecule has 1 fully saturated rings. The topological polar surface area (TPSA) is 61.8 Å². The van der Waals surface area contributed by atoms with Gasteiger partial charge in [0.05, 0.1) is 25.7 Å². The monoisotopic (exact) mass is 278 g/mol. The van der Waals surface area contributed by atoms with Crippen LogP contribution in [-0.4, -0.2) is 32.6 Å². The molecule has 2 atom stereocenters. The standard InChI is InChI=1S/C15H18O5/c1-9-6-12(9)15(17)20-8-13(16)11-5-4-10(18-2)7-14(11)19-3/h4-5,7,9,12H,6,8H2,1-3H3.